The predicted molar refractivity (Wildman–Crippen MR) is 130 cm³/mol. The summed E-state index contributed by atoms with van der Waals surface area (Å²) in [5.74, 6) is -2.84. The van der Waals surface area contributed by atoms with Gasteiger partial charge < -0.3 is 11.1 Å². The van der Waals surface area contributed by atoms with Crippen molar-refractivity contribution < 1.29 is 21.6 Å². The van der Waals surface area contributed by atoms with Crippen molar-refractivity contribution in [2.45, 2.75) is 49.6 Å². The number of pyridine rings is 2. The molecule has 3 heterocycles. The zero-order valence-electron chi connectivity index (χ0n) is 19.4. The molecule has 4 aromatic rings. The lowest BCUT2D eigenvalue weighted by Gasteiger charge is -2.28. The second-order valence-electron chi connectivity index (χ2n) is 9.10. The first kappa shape index (κ1) is 24.3. The van der Waals surface area contributed by atoms with E-state index in [-0.39, 0.29) is 45.1 Å². The van der Waals surface area contributed by atoms with E-state index in [0.29, 0.717) is 12.5 Å². The van der Waals surface area contributed by atoms with Gasteiger partial charge in [-0.2, -0.15) is 0 Å². The van der Waals surface area contributed by atoms with E-state index in [1.807, 2.05) is 6.92 Å². The number of aromatic nitrogens is 3. The molecule has 1 aliphatic rings. The number of benzene rings is 1. The Kier molecular flexibility index (Phi) is 6.21. The van der Waals surface area contributed by atoms with Crippen LogP contribution in [0, 0.1) is 24.4 Å². The predicted octanol–water partition coefficient (Wildman–Crippen LogP) is 4.74. The fourth-order valence-corrected chi connectivity index (χ4v) is 5.88. The van der Waals surface area contributed by atoms with Crippen LogP contribution in [0.25, 0.3) is 22.3 Å². The summed E-state index contributed by atoms with van der Waals surface area (Å²) in [5.41, 5.74) is 6.42. The van der Waals surface area contributed by atoms with Gasteiger partial charge in [0, 0.05) is 35.3 Å². The van der Waals surface area contributed by atoms with Crippen LogP contribution in [0.3, 0.4) is 0 Å². The highest BCUT2D eigenvalue weighted by atomic mass is 32.2. The van der Waals surface area contributed by atoms with Crippen molar-refractivity contribution in [3.8, 4) is 11.3 Å². The molecule has 36 heavy (non-hydrogen) atoms. The Bertz CT molecular complexity index is 1550. The van der Waals surface area contributed by atoms with Gasteiger partial charge in [0.05, 0.1) is 11.1 Å². The van der Waals surface area contributed by atoms with E-state index in [1.165, 1.54) is 12.1 Å². The van der Waals surface area contributed by atoms with Crippen molar-refractivity contribution >= 4 is 26.9 Å². The molecule has 5 rings (SSSR count). The van der Waals surface area contributed by atoms with E-state index in [4.69, 9.17) is 5.73 Å². The van der Waals surface area contributed by atoms with E-state index in [0.717, 1.165) is 47.3 Å². The Balaban J connectivity index is 1.65. The van der Waals surface area contributed by atoms with Crippen molar-refractivity contribution in [3.05, 3.63) is 71.8 Å². The van der Waals surface area contributed by atoms with Crippen LogP contribution in [-0.4, -0.2) is 34.4 Å². The second kappa shape index (κ2) is 9.21. The molecule has 1 aliphatic carbocycles. The van der Waals surface area contributed by atoms with Crippen molar-refractivity contribution in [2.24, 2.45) is 5.73 Å². The Morgan fingerprint density at radius 3 is 2.56 bits per heavy atom. The largest absolute Gasteiger partial charge is 0.365 e. The molecule has 0 bridgehead atoms. The van der Waals surface area contributed by atoms with E-state index in [2.05, 4.69) is 15.3 Å². The van der Waals surface area contributed by atoms with Crippen molar-refractivity contribution in [2.75, 3.05) is 5.32 Å². The van der Waals surface area contributed by atoms with Gasteiger partial charge in [-0.3, -0.25) is 0 Å². The number of rotatable bonds is 5. The summed E-state index contributed by atoms with van der Waals surface area (Å²) in [5, 5.41) is 3.02. The van der Waals surface area contributed by atoms with Crippen LogP contribution < -0.4 is 11.1 Å². The molecular weight excluding hydrogens is 491 g/mol. The topological polar surface area (TPSA) is 103 Å². The third-order valence-corrected chi connectivity index (χ3v) is 8.06. The fraction of sp³-hybridized carbons (Fsp3) is 0.280. The average molecular weight is 516 g/mol. The molecule has 0 amide bonds. The minimum atomic E-state index is -4.16. The summed E-state index contributed by atoms with van der Waals surface area (Å²) in [4.78, 5) is 8.10. The van der Waals surface area contributed by atoms with E-state index in [1.54, 1.807) is 12.1 Å². The molecule has 11 heteroatoms. The summed E-state index contributed by atoms with van der Waals surface area (Å²) in [6, 6.07) is 7.72. The van der Waals surface area contributed by atoms with E-state index >= 15 is 4.39 Å². The zero-order valence-corrected chi connectivity index (χ0v) is 20.2. The molecule has 0 aliphatic heterocycles. The summed E-state index contributed by atoms with van der Waals surface area (Å²) < 4.78 is 71.6. The first-order valence-electron chi connectivity index (χ1n) is 11.5. The molecule has 2 unspecified atom stereocenters. The minimum absolute atomic E-state index is 0.0220. The third kappa shape index (κ3) is 4.44. The van der Waals surface area contributed by atoms with Gasteiger partial charge >= 0.3 is 0 Å². The lowest BCUT2D eigenvalue weighted by atomic mass is 9.91. The molecule has 1 saturated carbocycles. The van der Waals surface area contributed by atoms with Crippen molar-refractivity contribution in [1.29, 1.82) is 0 Å². The number of anilines is 1. The highest BCUT2D eigenvalue weighted by molar-refractivity contribution is 7.90. The lowest BCUT2D eigenvalue weighted by molar-refractivity contribution is 0.407. The molecule has 3 N–H and O–H groups in total. The number of fused-ring (bicyclic) bond motifs is 1. The first-order chi connectivity index (χ1) is 17.1. The third-order valence-electron chi connectivity index (χ3n) is 6.40. The molecule has 2 atom stereocenters. The van der Waals surface area contributed by atoms with Crippen molar-refractivity contribution in [3.63, 3.8) is 0 Å². The Morgan fingerprint density at radius 1 is 1.08 bits per heavy atom. The van der Waals surface area contributed by atoms with Crippen LogP contribution in [-0.2, 0) is 10.0 Å². The molecule has 3 aromatic heterocycles. The molecule has 0 saturated heterocycles. The normalized spacial score (nSPS) is 18.5. The van der Waals surface area contributed by atoms with E-state index < -0.39 is 27.5 Å². The Hall–Kier alpha value is -3.44. The van der Waals surface area contributed by atoms with Gasteiger partial charge in [0.2, 0.25) is 0 Å². The monoisotopic (exact) mass is 515 g/mol. The quantitative estimate of drug-likeness (QED) is 0.398. The van der Waals surface area contributed by atoms with Gasteiger partial charge in [0.1, 0.15) is 11.5 Å². The van der Waals surface area contributed by atoms with Crippen LogP contribution in [0.15, 0.2) is 53.7 Å². The number of hydrogen-bond donors (Lipinski definition) is 2. The van der Waals surface area contributed by atoms with Gasteiger partial charge in [-0.1, -0.05) is 17.7 Å². The van der Waals surface area contributed by atoms with Gasteiger partial charge in [-0.05, 0) is 50.8 Å². The molecule has 1 fully saturated rings. The maximum absolute atomic E-state index is 15.0. The fourth-order valence-electron chi connectivity index (χ4n) is 4.56. The van der Waals surface area contributed by atoms with Gasteiger partial charge in [-0.15, -0.1) is 0 Å². The molecule has 1 aromatic carbocycles. The highest BCUT2D eigenvalue weighted by Crippen LogP contribution is 2.35. The van der Waals surface area contributed by atoms with Crippen LogP contribution in [0.5, 0.6) is 0 Å². The smallest absolute Gasteiger partial charge is 0.269 e. The van der Waals surface area contributed by atoms with Crippen LogP contribution >= 0.6 is 0 Å². The van der Waals surface area contributed by atoms with Gasteiger partial charge in [0.15, 0.2) is 23.1 Å². The highest BCUT2D eigenvalue weighted by Gasteiger charge is 2.27. The second-order valence-corrected chi connectivity index (χ2v) is 10.9. The summed E-state index contributed by atoms with van der Waals surface area (Å²) in [6.07, 6.45) is 5.11. The summed E-state index contributed by atoms with van der Waals surface area (Å²) in [7, 11) is -4.16. The lowest BCUT2D eigenvalue weighted by Crippen LogP contribution is -2.35. The summed E-state index contributed by atoms with van der Waals surface area (Å²) >= 11 is 0. The Labute approximate surface area is 206 Å². The van der Waals surface area contributed by atoms with Crippen molar-refractivity contribution in [1.82, 2.24) is 13.9 Å². The standard InChI is InChI=1S/C25H24F3N5O2S/c1-14-5-7-18(8-6-14)36(34,35)33-13-20(19-9-15(26)12-30-25(19)33)23-21(27)11-22(28)24(32-23)31-17-4-2-3-16(29)10-17/h5-9,11-13,16-17H,2-4,10,29H2,1H3,(H,31,32). The first-order valence-corrected chi connectivity index (χ1v) is 12.9. The average Bonchev–Trinajstić information content (AvgIpc) is 3.20. The van der Waals surface area contributed by atoms with Gasteiger partial charge in [-0.25, -0.2) is 35.5 Å². The van der Waals surface area contributed by atoms with E-state index in [9.17, 15) is 17.2 Å². The number of nitrogens with two attached hydrogens (primary N) is 1. The maximum atomic E-state index is 15.0. The number of nitrogens with zero attached hydrogens (tertiary/aromatic N) is 3. The van der Waals surface area contributed by atoms with Gasteiger partial charge in [0.25, 0.3) is 10.0 Å². The number of nitrogens with one attached hydrogen (secondary N) is 1. The Morgan fingerprint density at radius 2 is 1.83 bits per heavy atom. The number of hydrogen-bond acceptors (Lipinski definition) is 6. The van der Waals surface area contributed by atoms with Crippen LogP contribution in [0.2, 0.25) is 0 Å². The molecule has 0 spiro atoms. The molecule has 188 valence electrons. The SMILES string of the molecule is Cc1ccc(S(=O)(=O)n2cc(-c3nc(NC4CCCC(N)C4)c(F)cc3F)c3cc(F)cnc32)cc1. The minimum Gasteiger partial charge on any atom is -0.365 e. The maximum Gasteiger partial charge on any atom is 0.269 e. The molecular formula is C25H24F3N5O2S. The summed E-state index contributed by atoms with van der Waals surface area (Å²) in [6.45, 7) is 1.82. The number of halogens is 3. The van der Waals surface area contributed by atoms with Crippen LogP contribution in [0.4, 0.5) is 19.0 Å². The zero-order chi connectivity index (χ0) is 25.6. The number of aryl methyl sites for hydroxylation is 1. The molecule has 0 radical (unpaired) electrons. The van der Waals surface area contributed by atoms with Crippen LogP contribution in [0.1, 0.15) is 31.2 Å². The molecule has 7 nitrogen and oxygen atoms in total.